The lowest BCUT2D eigenvalue weighted by Gasteiger charge is -2.24. The Morgan fingerprint density at radius 2 is 1.94 bits per heavy atom. The fourth-order valence-corrected chi connectivity index (χ4v) is 4.80. The first-order valence-corrected chi connectivity index (χ1v) is 11.7. The first kappa shape index (κ1) is 22.8. The van der Waals surface area contributed by atoms with Crippen LogP contribution in [-0.2, 0) is 4.79 Å². The van der Waals surface area contributed by atoms with Crippen LogP contribution in [0.2, 0.25) is 0 Å². The third-order valence-corrected chi connectivity index (χ3v) is 6.69. The van der Waals surface area contributed by atoms with Gasteiger partial charge in [-0.1, -0.05) is 6.92 Å². The largest absolute Gasteiger partial charge is 0.352 e. The van der Waals surface area contributed by atoms with Crippen LogP contribution in [0.3, 0.4) is 0 Å². The van der Waals surface area contributed by atoms with Crippen molar-refractivity contribution in [2.45, 2.75) is 32.4 Å². The van der Waals surface area contributed by atoms with Gasteiger partial charge in [0.2, 0.25) is 5.91 Å². The van der Waals surface area contributed by atoms with E-state index < -0.39 is 23.1 Å². The molecule has 0 radical (unpaired) electrons. The molecule has 10 heteroatoms. The number of thioether (sulfide) groups is 1. The van der Waals surface area contributed by atoms with Crippen molar-refractivity contribution in [3.63, 3.8) is 0 Å². The predicted octanol–water partition coefficient (Wildman–Crippen LogP) is 2.25. The lowest BCUT2D eigenvalue weighted by molar-refractivity contribution is -0.125. The second-order valence-corrected chi connectivity index (χ2v) is 8.92. The van der Waals surface area contributed by atoms with Gasteiger partial charge in [0.25, 0.3) is 11.5 Å². The van der Waals surface area contributed by atoms with Crippen molar-refractivity contribution in [3.05, 3.63) is 74.7 Å². The number of carbonyl (C=O) groups excluding carboxylic acids is 2. The average Bonchev–Trinajstić information content (AvgIpc) is 3.29. The molecule has 0 saturated carbocycles. The van der Waals surface area contributed by atoms with Gasteiger partial charge in [-0.25, -0.2) is 13.8 Å². The average molecular weight is 471 g/mol. The van der Waals surface area contributed by atoms with Gasteiger partial charge < -0.3 is 15.2 Å². The van der Waals surface area contributed by atoms with Crippen molar-refractivity contribution in [3.8, 4) is 5.69 Å². The van der Waals surface area contributed by atoms with Crippen molar-refractivity contribution < 1.29 is 14.0 Å². The van der Waals surface area contributed by atoms with E-state index in [0.717, 1.165) is 23.1 Å². The summed E-state index contributed by atoms with van der Waals surface area (Å²) >= 11 is 1.49. The predicted molar refractivity (Wildman–Crippen MR) is 125 cm³/mol. The Balaban J connectivity index is 1.67. The van der Waals surface area contributed by atoms with E-state index in [2.05, 4.69) is 10.3 Å². The number of halogens is 1. The summed E-state index contributed by atoms with van der Waals surface area (Å²) in [6, 6.07) is 8.85. The van der Waals surface area contributed by atoms with Gasteiger partial charge in [0, 0.05) is 17.4 Å². The Kier molecular flexibility index (Phi) is 6.37. The molecular weight excluding hydrogens is 447 g/mol. The molecule has 172 valence electrons. The number of nitrogens with zero attached hydrogens (tertiary/aromatic N) is 2. The number of benzene rings is 2. The standard InChI is InChI=1S/C23H23FN4O4S/c1-3-13(2)25-20(29)19-11-33-12-27(19)21(30)14-4-9-17-18(10-14)26-23(32)28(22(17)31)16-7-5-15(24)6-8-16/h4-10,13,19H,3,11-12H2,1-2H3,(H,25,29)(H,26,32). The number of hydrogen-bond donors (Lipinski definition) is 2. The maximum absolute atomic E-state index is 13.2. The summed E-state index contributed by atoms with van der Waals surface area (Å²) in [4.78, 5) is 55.5. The molecule has 2 amide bonds. The second kappa shape index (κ2) is 9.22. The van der Waals surface area contributed by atoms with E-state index in [4.69, 9.17) is 0 Å². The van der Waals surface area contributed by atoms with Gasteiger partial charge >= 0.3 is 5.69 Å². The number of aromatic amines is 1. The zero-order chi connectivity index (χ0) is 23.7. The highest BCUT2D eigenvalue weighted by Gasteiger charge is 2.35. The molecule has 0 aliphatic carbocycles. The molecule has 2 heterocycles. The monoisotopic (exact) mass is 470 g/mol. The van der Waals surface area contributed by atoms with Gasteiger partial charge in [0.15, 0.2) is 0 Å². The number of nitrogens with one attached hydrogen (secondary N) is 2. The number of aromatic nitrogens is 2. The molecule has 1 fully saturated rings. The summed E-state index contributed by atoms with van der Waals surface area (Å²) in [5, 5.41) is 3.12. The quantitative estimate of drug-likeness (QED) is 0.595. The highest BCUT2D eigenvalue weighted by Crippen LogP contribution is 2.24. The lowest BCUT2D eigenvalue weighted by Crippen LogP contribution is -2.49. The third kappa shape index (κ3) is 4.43. The summed E-state index contributed by atoms with van der Waals surface area (Å²) in [6.45, 7) is 3.88. The van der Waals surface area contributed by atoms with Crippen molar-refractivity contribution in [1.82, 2.24) is 19.8 Å². The topological polar surface area (TPSA) is 104 Å². The Labute approximate surface area is 192 Å². The maximum Gasteiger partial charge on any atom is 0.333 e. The van der Waals surface area contributed by atoms with E-state index in [1.165, 1.54) is 47.0 Å². The summed E-state index contributed by atoms with van der Waals surface area (Å²) in [5.74, 6) is -0.156. The lowest BCUT2D eigenvalue weighted by atomic mass is 10.1. The molecule has 2 atom stereocenters. The molecule has 1 aromatic heterocycles. The van der Waals surface area contributed by atoms with E-state index in [9.17, 15) is 23.6 Å². The van der Waals surface area contributed by atoms with Gasteiger partial charge in [-0.3, -0.25) is 14.4 Å². The number of H-pyrrole nitrogens is 1. The molecule has 1 aliphatic rings. The van der Waals surface area contributed by atoms with Gasteiger partial charge in [-0.05, 0) is 55.8 Å². The number of carbonyl (C=O) groups is 2. The zero-order valence-electron chi connectivity index (χ0n) is 18.1. The number of rotatable bonds is 5. The molecular formula is C23H23FN4O4S. The fourth-order valence-electron chi connectivity index (χ4n) is 3.64. The highest BCUT2D eigenvalue weighted by atomic mass is 32.2. The van der Waals surface area contributed by atoms with Crippen LogP contribution in [0.4, 0.5) is 4.39 Å². The number of amides is 2. The van der Waals surface area contributed by atoms with E-state index in [0.29, 0.717) is 11.6 Å². The van der Waals surface area contributed by atoms with Gasteiger partial charge in [0.1, 0.15) is 11.9 Å². The Bertz CT molecular complexity index is 1340. The van der Waals surface area contributed by atoms with Crippen LogP contribution in [0.15, 0.2) is 52.1 Å². The first-order valence-electron chi connectivity index (χ1n) is 10.5. The Hall–Kier alpha value is -3.40. The van der Waals surface area contributed by atoms with Crippen LogP contribution in [-0.4, -0.2) is 50.0 Å². The van der Waals surface area contributed by atoms with E-state index >= 15 is 0 Å². The highest BCUT2D eigenvalue weighted by molar-refractivity contribution is 7.99. The van der Waals surface area contributed by atoms with Crippen LogP contribution in [0.1, 0.15) is 30.6 Å². The van der Waals surface area contributed by atoms with E-state index in [1.807, 2.05) is 13.8 Å². The summed E-state index contributed by atoms with van der Waals surface area (Å²) in [6.07, 6.45) is 0.785. The van der Waals surface area contributed by atoms with Gasteiger partial charge in [-0.15, -0.1) is 11.8 Å². The SMILES string of the molecule is CCC(C)NC(=O)C1CSCN1C(=O)c1ccc2c(=O)n(-c3ccc(F)cc3)c(=O)[nH]c2c1. The molecule has 0 spiro atoms. The summed E-state index contributed by atoms with van der Waals surface area (Å²) in [5.41, 5.74) is -0.579. The van der Waals surface area contributed by atoms with Crippen LogP contribution >= 0.6 is 11.8 Å². The fraction of sp³-hybridized carbons (Fsp3) is 0.304. The smallest absolute Gasteiger partial charge is 0.333 e. The third-order valence-electron chi connectivity index (χ3n) is 5.68. The zero-order valence-corrected chi connectivity index (χ0v) is 18.9. The van der Waals surface area contributed by atoms with E-state index in [-0.39, 0.29) is 40.0 Å². The molecule has 8 nitrogen and oxygen atoms in total. The Morgan fingerprint density at radius 3 is 2.64 bits per heavy atom. The van der Waals surface area contributed by atoms with Gasteiger partial charge in [-0.2, -0.15) is 0 Å². The first-order chi connectivity index (χ1) is 15.8. The van der Waals surface area contributed by atoms with Crippen molar-refractivity contribution in [2.24, 2.45) is 0 Å². The van der Waals surface area contributed by atoms with Crippen molar-refractivity contribution >= 4 is 34.5 Å². The Morgan fingerprint density at radius 1 is 1.21 bits per heavy atom. The molecule has 1 saturated heterocycles. The van der Waals surface area contributed by atoms with Gasteiger partial charge in [0.05, 0.1) is 22.5 Å². The molecule has 33 heavy (non-hydrogen) atoms. The normalized spacial score (nSPS) is 16.7. The van der Waals surface area contributed by atoms with Crippen LogP contribution in [0, 0.1) is 5.82 Å². The van der Waals surface area contributed by atoms with Crippen molar-refractivity contribution in [1.29, 1.82) is 0 Å². The summed E-state index contributed by atoms with van der Waals surface area (Å²) < 4.78 is 14.1. The van der Waals surface area contributed by atoms with E-state index in [1.54, 1.807) is 0 Å². The van der Waals surface area contributed by atoms with Crippen LogP contribution in [0.5, 0.6) is 0 Å². The molecule has 4 rings (SSSR count). The molecule has 2 aromatic carbocycles. The minimum Gasteiger partial charge on any atom is -0.352 e. The molecule has 3 aromatic rings. The minimum atomic E-state index is -0.703. The minimum absolute atomic E-state index is 0.00840. The van der Waals surface area contributed by atoms with Crippen LogP contribution in [0.25, 0.3) is 16.6 Å². The second-order valence-electron chi connectivity index (χ2n) is 7.92. The van der Waals surface area contributed by atoms with Crippen LogP contribution < -0.4 is 16.6 Å². The number of fused-ring (bicyclic) bond motifs is 1. The maximum atomic E-state index is 13.2. The van der Waals surface area contributed by atoms with Crippen molar-refractivity contribution in [2.75, 3.05) is 11.6 Å². The summed E-state index contributed by atoms with van der Waals surface area (Å²) in [7, 11) is 0. The molecule has 2 N–H and O–H groups in total. The molecule has 1 aliphatic heterocycles. The number of hydrogen-bond acceptors (Lipinski definition) is 5. The molecule has 0 bridgehead atoms. The molecule has 2 unspecified atom stereocenters.